The fourth-order valence-electron chi connectivity index (χ4n) is 3.68. The first-order valence-electron chi connectivity index (χ1n) is 9.86. The topological polar surface area (TPSA) is 9.23 Å². The van der Waals surface area contributed by atoms with Crippen molar-refractivity contribution in [1.29, 1.82) is 0 Å². The number of hydrogen-bond donors (Lipinski definition) is 0. The van der Waals surface area contributed by atoms with Crippen LogP contribution in [0, 0.1) is 11.8 Å². The summed E-state index contributed by atoms with van der Waals surface area (Å²) in [6, 6.07) is 8.88. The molecule has 1 aliphatic carbocycles. The van der Waals surface area contributed by atoms with Crippen molar-refractivity contribution in [2.24, 2.45) is 11.8 Å². The van der Waals surface area contributed by atoms with Gasteiger partial charge in [-0.15, -0.1) is 0 Å². The summed E-state index contributed by atoms with van der Waals surface area (Å²) < 4.78 is 6.47. The molecule has 23 heavy (non-hydrogen) atoms. The average molecular weight is 317 g/mol. The molecule has 0 N–H and O–H groups in total. The molecule has 2 atom stereocenters. The Kier molecular flexibility index (Phi) is 7.46. The lowest BCUT2D eigenvalue weighted by Crippen LogP contribution is -2.29. The van der Waals surface area contributed by atoms with Gasteiger partial charge in [0.25, 0.3) is 0 Å². The molecule has 0 aromatic heterocycles. The van der Waals surface area contributed by atoms with E-state index in [4.69, 9.17) is 4.74 Å². The van der Waals surface area contributed by atoms with Crippen molar-refractivity contribution < 1.29 is 4.74 Å². The normalized spacial score (nSPS) is 18.8. The number of ether oxygens (including phenoxy) is 1. The van der Waals surface area contributed by atoms with Crippen molar-refractivity contribution in [2.45, 2.75) is 91.1 Å². The molecule has 1 aromatic rings. The Hall–Kier alpha value is -0.980. The van der Waals surface area contributed by atoms with E-state index in [2.05, 4.69) is 52.0 Å². The van der Waals surface area contributed by atoms with Crippen LogP contribution in [-0.2, 0) is 0 Å². The summed E-state index contributed by atoms with van der Waals surface area (Å²) in [4.78, 5) is 0. The lowest BCUT2D eigenvalue weighted by Gasteiger charge is -2.31. The molecule has 2 rings (SSSR count). The van der Waals surface area contributed by atoms with Gasteiger partial charge in [-0.2, -0.15) is 0 Å². The van der Waals surface area contributed by atoms with E-state index in [9.17, 15) is 0 Å². The molecular weight excluding hydrogens is 280 g/mol. The Balaban J connectivity index is 2.00. The van der Waals surface area contributed by atoms with Crippen LogP contribution in [0.4, 0.5) is 0 Å². The largest absolute Gasteiger partial charge is 0.490 e. The second kappa shape index (κ2) is 9.35. The van der Waals surface area contributed by atoms with Crippen molar-refractivity contribution in [1.82, 2.24) is 0 Å². The highest BCUT2D eigenvalue weighted by atomic mass is 16.5. The maximum absolute atomic E-state index is 6.47. The second-order valence-electron chi connectivity index (χ2n) is 7.90. The van der Waals surface area contributed by atoms with Crippen LogP contribution in [0.15, 0.2) is 24.3 Å². The quantitative estimate of drug-likeness (QED) is 0.503. The Morgan fingerprint density at radius 2 is 1.61 bits per heavy atom. The monoisotopic (exact) mass is 316 g/mol. The third-order valence-corrected chi connectivity index (χ3v) is 5.55. The predicted molar refractivity (Wildman–Crippen MR) is 100 cm³/mol. The van der Waals surface area contributed by atoms with Crippen LogP contribution >= 0.6 is 0 Å². The molecule has 0 spiro atoms. The van der Waals surface area contributed by atoms with Gasteiger partial charge in [0.1, 0.15) is 11.9 Å². The number of rotatable bonds is 8. The maximum atomic E-state index is 6.47. The smallest absolute Gasteiger partial charge is 0.119 e. The molecule has 2 unspecified atom stereocenters. The van der Waals surface area contributed by atoms with E-state index >= 15 is 0 Å². The van der Waals surface area contributed by atoms with E-state index < -0.39 is 0 Å². The fourth-order valence-corrected chi connectivity index (χ4v) is 3.68. The molecule has 1 heteroatoms. The van der Waals surface area contributed by atoms with Crippen LogP contribution in [0.1, 0.15) is 90.5 Å². The van der Waals surface area contributed by atoms with Crippen LogP contribution in [0.25, 0.3) is 0 Å². The molecular formula is C22H36O. The zero-order chi connectivity index (χ0) is 16.7. The summed E-state index contributed by atoms with van der Waals surface area (Å²) in [5, 5.41) is 0. The van der Waals surface area contributed by atoms with Gasteiger partial charge in [-0.05, 0) is 67.6 Å². The van der Waals surface area contributed by atoms with E-state index in [1.54, 1.807) is 0 Å². The summed E-state index contributed by atoms with van der Waals surface area (Å²) in [6.07, 6.45) is 11.0. The molecule has 0 saturated heterocycles. The van der Waals surface area contributed by atoms with Gasteiger partial charge in [-0.25, -0.2) is 0 Å². The SMILES string of the molecule is CCC(C)c1ccc(OC(CCC(C)C)C2CCCCC2)cc1. The minimum atomic E-state index is 0.409. The lowest BCUT2D eigenvalue weighted by atomic mass is 9.83. The van der Waals surface area contributed by atoms with Gasteiger partial charge in [0.05, 0.1) is 0 Å². The molecule has 0 radical (unpaired) electrons. The Bertz CT molecular complexity index is 428. The van der Waals surface area contributed by atoms with Gasteiger partial charge in [0.15, 0.2) is 0 Å². The molecule has 130 valence electrons. The summed E-state index contributed by atoms with van der Waals surface area (Å²) in [6.45, 7) is 9.18. The molecule has 1 aromatic carbocycles. The highest BCUT2D eigenvalue weighted by Gasteiger charge is 2.25. The van der Waals surface area contributed by atoms with Crippen molar-refractivity contribution in [2.75, 3.05) is 0 Å². The third kappa shape index (κ3) is 5.86. The first-order chi connectivity index (χ1) is 11.1. The van der Waals surface area contributed by atoms with Crippen LogP contribution in [0.5, 0.6) is 5.75 Å². The molecule has 1 nitrogen and oxygen atoms in total. The zero-order valence-corrected chi connectivity index (χ0v) is 15.7. The van der Waals surface area contributed by atoms with Gasteiger partial charge in [-0.1, -0.05) is 59.1 Å². The van der Waals surface area contributed by atoms with Gasteiger partial charge in [0, 0.05) is 0 Å². The first kappa shape index (κ1) is 18.4. The van der Waals surface area contributed by atoms with Crippen molar-refractivity contribution in [3.8, 4) is 5.75 Å². The number of hydrogen-bond acceptors (Lipinski definition) is 1. The fraction of sp³-hybridized carbons (Fsp3) is 0.727. The number of benzene rings is 1. The highest BCUT2D eigenvalue weighted by Crippen LogP contribution is 2.32. The van der Waals surface area contributed by atoms with E-state index in [0.29, 0.717) is 12.0 Å². The van der Waals surface area contributed by atoms with Gasteiger partial charge in [0.2, 0.25) is 0 Å². The first-order valence-corrected chi connectivity index (χ1v) is 9.86. The Morgan fingerprint density at radius 3 is 2.17 bits per heavy atom. The van der Waals surface area contributed by atoms with Gasteiger partial charge >= 0.3 is 0 Å². The summed E-state index contributed by atoms with van der Waals surface area (Å²) in [5.41, 5.74) is 1.43. The van der Waals surface area contributed by atoms with E-state index in [0.717, 1.165) is 17.6 Å². The van der Waals surface area contributed by atoms with Gasteiger partial charge in [-0.3, -0.25) is 0 Å². The Labute approximate surface area is 143 Å². The molecule has 0 amide bonds. The van der Waals surface area contributed by atoms with E-state index in [-0.39, 0.29) is 0 Å². The molecule has 1 fully saturated rings. The molecule has 0 aliphatic heterocycles. The highest BCUT2D eigenvalue weighted by molar-refractivity contribution is 5.29. The van der Waals surface area contributed by atoms with Crippen LogP contribution in [-0.4, -0.2) is 6.10 Å². The van der Waals surface area contributed by atoms with Gasteiger partial charge < -0.3 is 4.74 Å². The van der Waals surface area contributed by atoms with Crippen LogP contribution in [0.3, 0.4) is 0 Å². The standard InChI is InChI=1S/C22H36O/c1-5-18(4)19-12-14-21(15-13-19)23-22(16-11-17(2)3)20-9-7-6-8-10-20/h12-15,17-18,20,22H,5-11,16H2,1-4H3. The maximum Gasteiger partial charge on any atom is 0.119 e. The second-order valence-corrected chi connectivity index (χ2v) is 7.90. The molecule has 1 saturated carbocycles. The van der Waals surface area contributed by atoms with Crippen molar-refractivity contribution >= 4 is 0 Å². The van der Waals surface area contributed by atoms with Crippen LogP contribution < -0.4 is 4.74 Å². The molecule has 0 heterocycles. The lowest BCUT2D eigenvalue weighted by molar-refractivity contribution is 0.0943. The average Bonchev–Trinajstić information content (AvgIpc) is 2.59. The molecule has 1 aliphatic rings. The van der Waals surface area contributed by atoms with Crippen molar-refractivity contribution in [3.63, 3.8) is 0 Å². The Morgan fingerprint density at radius 1 is 0.957 bits per heavy atom. The summed E-state index contributed by atoms with van der Waals surface area (Å²) in [5.74, 6) is 3.23. The molecule has 0 bridgehead atoms. The summed E-state index contributed by atoms with van der Waals surface area (Å²) >= 11 is 0. The van der Waals surface area contributed by atoms with E-state index in [1.807, 2.05) is 0 Å². The van der Waals surface area contributed by atoms with Crippen LogP contribution in [0.2, 0.25) is 0 Å². The van der Waals surface area contributed by atoms with E-state index in [1.165, 1.54) is 56.9 Å². The zero-order valence-electron chi connectivity index (χ0n) is 15.7. The minimum absolute atomic E-state index is 0.409. The minimum Gasteiger partial charge on any atom is -0.490 e. The summed E-state index contributed by atoms with van der Waals surface area (Å²) in [7, 11) is 0. The van der Waals surface area contributed by atoms with Crippen molar-refractivity contribution in [3.05, 3.63) is 29.8 Å². The predicted octanol–water partition coefficient (Wildman–Crippen LogP) is 6.96. The third-order valence-electron chi connectivity index (χ3n) is 5.55.